The zero-order valence-corrected chi connectivity index (χ0v) is 9.52. The Morgan fingerprint density at radius 3 is 3.00 bits per heavy atom. The molecule has 1 aromatic carbocycles. The molecular formula is C13H11FN4. The molecule has 0 saturated heterocycles. The van der Waals surface area contributed by atoms with Crippen LogP contribution in [0.3, 0.4) is 0 Å². The predicted molar refractivity (Wildman–Crippen MR) is 67.2 cm³/mol. The van der Waals surface area contributed by atoms with Crippen molar-refractivity contribution in [2.45, 2.75) is 6.54 Å². The van der Waals surface area contributed by atoms with E-state index >= 15 is 0 Å². The highest BCUT2D eigenvalue weighted by Gasteiger charge is 2.09. The van der Waals surface area contributed by atoms with Gasteiger partial charge >= 0.3 is 0 Å². The van der Waals surface area contributed by atoms with Crippen molar-refractivity contribution in [2.24, 2.45) is 5.73 Å². The molecule has 18 heavy (non-hydrogen) atoms. The molecule has 90 valence electrons. The van der Waals surface area contributed by atoms with Gasteiger partial charge < -0.3 is 10.7 Å². The summed E-state index contributed by atoms with van der Waals surface area (Å²) in [4.78, 5) is 11.6. The van der Waals surface area contributed by atoms with Gasteiger partial charge in [-0.05, 0) is 18.2 Å². The summed E-state index contributed by atoms with van der Waals surface area (Å²) in [7, 11) is 0. The smallest absolute Gasteiger partial charge is 0.123 e. The number of aromatic nitrogens is 3. The number of aromatic amines is 1. The first-order valence-corrected chi connectivity index (χ1v) is 5.56. The van der Waals surface area contributed by atoms with E-state index in [0.29, 0.717) is 17.9 Å². The Kier molecular flexibility index (Phi) is 2.53. The molecule has 0 radical (unpaired) electrons. The van der Waals surface area contributed by atoms with E-state index in [-0.39, 0.29) is 5.82 Å². The summed E-state index contributed by atoms with van der Waals surface area (Å²) in [6.45, 7) is 0.331. The van der Waals surface area contributed by atoms with Crippen LogP contribution in [0.2, 0.25) is 0 Å². The second kappa shape index (κ2) is 4.19. The Hall–Kier alpha value is -2.27. The molecule has 0 spiro atoms. The van der Waals surface area contributed by atoms with Gasteiger partial charge in [0.25, 0.3) is 0 Å². The highest BCUT2D eigenvalue weighted by Crippen LogP contribution is 2.27. The second-order valence-corrected chi connectivity index (χ2v) is 3.99. The summed E-state index contributed by atoms with van der Waals surface area (Å²) < 4.78 is 13.3. The van der Waals surface area contributed by atoms with Gasteiger partial charge in [0.05, 0.1) is 17.6 Å². The first kappa shape index (κ1) is 10.9. The van der Waals surface area contributed by atoms with Gasteiger partial charge in [0.15, 0.2) is 0 Å². The number of halogens is 1. The Morgan fingerprint density at radius 2 is 2.17 bits per heavy atom. The number of H-pyrrole nitrogens is 1. The Morgan fingerprint density at radius 1 is 1.28 bits per heavy atom. The Labute approximate surface area is 103 Å². The van der Waals surface area contributed by atoms with Crippen LogP contribution in [0.4, 0.5) is 4.39 Å². The lowest BCUT2D eigenvalue weighted by molar-refractivity contribution is 0.630. The van der Waals surface area contributed by atoms with Gasteiger partial charge in [0, 0.05) is 35.4 Å². The quantitative estimate of drug-likeness (QED) is 0.724. The average Bonchev–Trinajstić information content (AvgIpc) is 2.81. The van der Waals surface area contributed by atoms with Gasteiger partial charge in [0.1, 0.15) is 5.82 Å². The topological polar surface area (TPSA) is 67.6 Å². The molecule has 0 fully saturated rings. The number of hydrogen-bond acceptors (Lipinski definition) is 3. The number of benzene rings is 1. The summed E-state index contributed by atoms with van der Waals surface area (Å²) in [6.07, 6.45) is 5.07. The highest BCUT2D eigenvalue weighted by atomic mass is 19.1. The molecular weight excluding hydrogens is 231 g/mol. The van der Waals surface area contributed by atoms with Gasteiger partial charge in [-0.3, -0.25) is 4.98 Å². The molecule has 0 saturated carbocycles. The van der Waals surface area contributed by atoms with Gasteiger partial charge in [-0.25, -0.2) is 9.37 Å². The van der Waals surface area contributed by atoms with Gasteiger partial charge in [-0.1, -0.05) is 0 Å². The van der Waals surface area contributed by atoms with Crippen molar-refractivity contribution in [1.29, 1.82) is 0 Å². The van der Waals surface area contributed by atoms with Crippen molar-refractivity contribution in [1.82, 2.24) is 15.0 Å². The Balaban J connectivity index is 2.21. The fraction of sp³-hybridized carbons (Fsp3) is 0.0769. The van der Waals surface area contributed by atoms with Crippen LogP contribution in [0.1, 0.15) is 5.69 Å². The van der Waals surface area contributed by atoms with Crippen LogP contribution in [0.5, 0.6) is 0 Å². The standard InChI is InChI=1S/C13H11FN4/c14-8-1-2-12-10(3-8)11(6-17-12)13-7-16-5-9(4-15)18-13/h1-3,5-7,17H,4,15H2. The monoisotopic (exact) mass is 242 g/mol. The molecule has 4 nitrogen and oxygen atoms in total. The first-order valence-electron chi connectivity index (χ1n) is 5.56. The highest BCUT2D eigenvalue weighted by molar-refractivity contribution is 5.94. The molecule has 3 N–H and O–H groups in total. The minimum absolute atomic E-state index is 0.272. The number of nitrogens with two attached hydrogens (primary N) is 1. The molecule has 0 bridgehead atoms. The summed E-state index contributed by atoms with van der Waals surface area (Å²) >= 11 is 0. The van der Waals surface area contributed by atoms with E-state index in [1.54, 1.807) is 24.7 Å². The lowest BCUT2D eigenvalue weighted by Gasteiger charge is -2.01. The van der Waals surface area contributed by atoms with Crippen molar-refractivity contribution >= 4 is 10.9 Å². The minimum Gasteiger partial charge on any atom is -0.360 e. The molecule has 0 aliphatic rings. The fourth-order valence-electron chi connectivity index (χ4n) is 1.94. The molecule has 3 aromatic rings. The number of nitrogens with zero attached hydrogens (tertiary/aromatic N) is 2. The Bertz CT molecular complexity index is 705. The van der Waals surface area contributed by atoms with E-state index in [9.17, 15) is 4.39 Å². The van der Waals surface area contributed by atoms with Crippen molar-refractivity contribution in [2.75, 3.05) is 0 Å². The number of nitrogens with one attached hydrogen (secondary N) is 1. The summed E-state index contributed by atoms with van der Waals surface area (Å²) in [6, 6.07) is 4.61. The minimum atomic E-state index is -0.272. The maximum atomic E-state index is 13.3. The van der Waals surface area contributed by atoms with Gasteiger partial charge in [-0.2, -0.15) is 0 Å². The molecule has 3 rings (SSSR count). The maximum Gasteiger partial charge on any atom is 0.123 e. The SMILES string of the molecule is NCc1cncc(-c2c[nH]c3ccc(F)cc23)n1. The molecule has 0 unspecified atom stereocenters. The van der Waals surface area contributed by atoms with Gasteiger partial charge in [-0.15, -0.1) is 0 Å². The van der Waals surface area contributed by atoms with E-state index in [4.69, 9.17) is 5.73 Å². The van der Waals surface area contributed by atoms with Crippen LogP contribution in [-0.4, -0.2) is 15.0 Å². The number of fused-ring (bicyclic) bond motifs is 1. The van der Waals surface area contributed by atoms with E-state index < -0.39 is 0 Å². The van der Waals surface area contributed by atoms with E-state index in [1.807, 2.05) is 0 Å². The van der Waals surface area contributed by atoms with Crippen LogP contribution in [-0.2, 0) is 6.54 Å². The third-order valence-electron chi connectivity index (χ3n) is 2.81. The molecule has 0 aliphatic heterocycles. The lowest BCUT2D eigenvalue weighted by atomic mass is 10.1. The lowest BCUT2D eigenvalue weighted by Crippen LogP contribution is -2.01. The maximum absolute atomic E-state index is 13.3. The third kappa shape index (κ3) is 1.74. The van der Waals surface area contributed by atoms with Crippen molar-refractivity contribution < 1.29 is 4.39 Å². The average molecular weight is 242 g/mol. The normalized spacial score (nSPS) is 11.0. The zero-order valence-electron chi connectivity index (χ0n) is 9.52. The fourth-order valence-corrected chi connectivity index (χ4v) is 1.94. The number of hydrogen-bond donors (Lipinski definition) is 2. The number of rotatable bonds is 2. The van der Waals surface area contributed by atoms with Crippen molar-refractivity contribution in [3.8, 4) is 11.3 Å². The first-order chi connectivity index (χ1) is 8.78. The van der Waals surface area contributed by atoms with E-state index in [2.05, 4.69) is 15.0 Å². The van der Waals surface area contributed by atoms with Crippen molar-refractivity contribution in [3.05, 3.63) is 48.3 Å². The summed E-state index contributed by atoms with van der Waals surface area (Å²) in [5.41, 5.74) is 8.63. The molecule has 0 amide bonds. The molecule has 0 aliphatic carbocycles. The van der Waals surface area contributed by atoms with Crippen LogP contribution in [0, 0.1) is 5.82 Å². The largest absolute Gasteiger partial charge is 0.360 e. The van der Waals surface area contributed by atoms with Crippen LogP contribution >= 0.6 is 0 Å². The van der Waals surface area contributed by atoms with Crippen LogP contribution < -0.4 is 5.73 Å². The molecule has 5 heteroatoms. The molecule has 2 heterocycles. The van der Waals surface area contributed by atoms with E-state index in [1.165, 1.54) is 12.1 Å². The second-order valence-electron chi connectivity index (χ2n) is 3.99. The summed E-state index contributed by atoms with van der Waals surface area (Å²) in [5.74, 6) is -0.272. The molecule has 2 aromatic heterocycles. The third-order valence-corrected chi connectivity index (χ3v) is 2.81. The predicted octanol–water partition coefficient (Wildman–Crippen LogP) is 2.22. The van der Waals surface area contributed by atoms with Crippen LogP contribution in [0.25, 0.3) is 22.2 Å². The zero-order chi connectivity index (χ0) is 12.5. The van der Waals surface area contributed by atoms with Crippen LogP contribution in [0.15, 0.2) is 36.8 Å². The van der Waals surface area contributed by atoms with Crippen molar-refractivity contribution in [3.63, 3.8) is 0 Å². The van der Waals surface area contributed by atoms with E-state index in [0.717, 1.165) is 16.5 Å². The van der Waals surface area contributed by atoms with Gasteiger partial charge in [0.2, 0.25) is 0 Å². The molecule has 0 atom stereocenters. The summed E-state index contributed by atoms with van der Waals surface area (Å²) in [5, 5.41) is 0.790.